The van der Waals surface area contributed by atoms with Crippen LogP contribution >= 0.6 is 0 Å². The summed E-state index contributed by atoms with van der Waals surface area (Å²) in [4.78, 5) is 29.9. The van der Waals surface area contributed by atoms with Crippen molar-refractivity contribution in [3.05, 3.63) is 30.1 Å². The van der Waals surface area contributed by atoms with Crippen LogP contribution in [-0.4, -0.2) is 53.2 Å². The first-order valence-corrected chi connectivity index (χ1v) is 10.1. The Morgan fingerprint density at radius 2 is 1.83 bits per heavy atom. The third-order valence-electron chi connectivity index (χ3n) is 5.46. The second-order valence-electron chi connectivity index (χ2n) is 7.62. The molecule has 29 heavy (non-hydrogen) atoms. The number of halogens is 3. The molecule has 2 fully saturated rings. The molecule has 0 bridgehead atoms. The van der Waals surface area contributed by atoms with Crippen molar-refractivity contribution in [1.82, 2.24) is 15.2 Å². The van der Waals surface area contributed by atoms with Crippen LogP contribution in [0.5, 0.6) is 0 Å². The standard InChI is InChI=1S/C20H26F3N3O3/c21-20(22,23)19(28)26(13-16-7-4-12-29-16)17(14-8-10-24-11-9-14)18(27)25-15-5-2-1-3-6-15/h8-11,15-17H,1-7,12-13H2,(H,25,27)/t16-,17+/m1/s1. The summed E-state index contributed by atoms with van der Waals surface area (Å²) >= 11 is 0. The Morgan fingerprint density at radius 3 is 2.41 bits per heavy atom. The van der Waals surface area contributed by atoms with Gasteiger partial charge >= 0.3 is 12.1 Å². The Balaban J connectivity index is 1.90. The lowest BCUT2D eigenvalue weighted by Crippen LogP contribution is -2.52. The maximum Gasteiger partial charge on any atom is 0.471 e. The van der Waals surface area contributed by atoms with Crippen molar-refractivity contribution in [3.63, 3.8) is 0 Å². The number of hydrogen-bond donors (Lipinski definition) is 1. The number of nitrogens with zero attached hydrogens (tertiary/aromatic N) is 2. The normalized spacial score (nSPS) is 21.6. The Morgan fingerprint density at radius 1 is 1.14 bits per heavy atom. The summed E-state index contributed by atoms with van der Waals surface area (Å²) in [6, 6.07) is 1.46. The number of hydrogen-bond acceptors (Lipinski definition) is 4. The smallest absolute Gasteiger partial charge is 0.376 e. The van der Waals surface area contributed by atoms with E-state index in [1.165, 1.54) is 24.5 Å². The minimum atomic E-state index is -5.09. The van der Waals surface area contributed by atoms with Gasteiger partial charge in [-0.1, -0.05) is 19.3 Å². The fraction of sp³-hybridized carbons (Fsp3) is 0.650. The SMILES string of the molecule is O=C(NC1CCCCC1)[C@H](c1ccncc1)N(C[C@H]1CCCO1)C(=O)C(F)(F)F. The van der Waals surface area contributed by atoms with Crippen LogP contribution in [0.4, 0.5) is 13.2 Å². The second kappa shape index (κ2) is 9.56. The molecule has 3 rings (SSSR count). The van der Waals surface area contributed by atoms with Gasteiger partial charge in [-0.3, -0.25) is 14.6 Å². The lowest BCUT2D eigenvalue weighted by molar-refractivity contribution is -0.190. The van der Waals surface area contributed by atoms with Gasteiger partial charge in [-0.2, -0.15) is 13.2 Å². The largest absolute Gasteiger partial charge is 0.471 e. The van der Waals surface area contributed by atoms with Crippen LogP contribution in [0, 0.1) is 0 Å². The van der Waals surface area contributed by atoms with Gasteiger partial charge in [-0.05, 0) is 43.4 Å². The van der Waals surface area contributed by atoms with E-state index >= 15 is 0 Å². The van der Waals surface area contributed by atoms with Crippen LogP contribution in [-0.2, 0) is 14.3 Å². The van der Waals surface area contributed by atoms with Crippen molar-refractivity contribution in [3.8, 4) is 0 Å². The van der Waals surface area contributed by atoms with E-state index in [0.717, 1.165) is 32.1 Å². The van der Waals surface area contributed by atoms with E-state index in [1.54, 1.807) is 0 Å². The van der Waals surface area contributed by atoms with Gasteiger partial charge in [0.05, 0.1) is 6.10 Å². The van der Waals surface area contributed by atoms with Crippen LogP contribution in [0.1, 0.15) is 56.6 Å². The van der Waals surface area contributed by atoms with Gasteiger partial charge in [0.2, 0.25) is 5.91 Å². The zero-order valence-electron chi connectivity index (χ0n) is 16.2. The van der Waals surface area contributed by atoms with Crippen LogP contribution in [0.3, 0.4) is 0 Å². The molecule has 1 aromatic rings. The average molecular weight is 413 g/mol. The number of alkyl halides is 3. The van der Waals surface area contributed by atoms with E-state index in [0.29, 0.717) is 29.9 Å². The topological polar surface area (TPSA) is 71.5 Å². The minimum absolute atomic E-state index is 0.0915. The Bertz CT molecular complexity index is 687. The van der Waals surface area contributed by atoms with Gasteiger partial charge in [0.15, 0.2) is 0 Å². The monoisotopic (exact) mass is 413 g/mol. The molecule has 2 amide bonds. The molecule has 1 N–H and O–H groups in total. The molecule has 6 nitrogen and oxygen atoms in total. The maximum atomic E-state index is 13.4. The van der Waals surface area contributed by atoms with Crippen LogP contribution in [0.25, 0.3) is 0 Å². The fourth-order valence-electron chi connectivity index (χ4n) is 4.02. The summed E-state index contributed by atoms with van der Waals surface area (Å²) < 4.78 is 45.6. The number of carbonyl (C=O) groups is 2. The van der Waals surface area contributed by atoms with Gasteiger partial charge in [0, 0.05) is 31.6 Å². The molecule has 160 valence electrons. The molecule has 1 aliphatic heterocycles. The first kappa shape index (κ1) is 21.5. The molecule has 0 aromatic carbocycles. The Labute approximate surface area is 167 Å². The highest BCUT2D eigenvalue weighted by Gasteiger charge is 2.47. The van der Waals surface area contributed by atoms with E-state index in [2.05, 4.69) is 10.3 Å². The number of nitrogens with one attached hydrogen (secondary N) is 1. The number of rotatable bonds is 6. The lowest BCUT2D eigenvalue weighted by atomic mass is 9.94. The zero-order valence-corrected chi connectivity index (χ0v) is 16.2. The molecular weight excluding hydrogens is 387 g/mol. The Hall–Kier alpha value is -2.16. The highest BCUT2D eigenvalue weighted by Crippen LogP contribution is 2.30. The summed E-state index contributed by atoms with van der Waals surface area (Å²) in [5.41, 5.74) is 0.295. The van der Waals surface area contributed by atoms with Crippen LogP contribution in [0.2, 0.25) is 0 Å². The Kier molecular flexibility index (Phi) is 7.10. The number of pyridine rings is 1. The van der Waals surface area contributed by atoms with E-state index in [-0.39, 0.29) is 12.6 Å². The van der Waals surface area contributed by atoms with Crippen molar-refractivity contribution < 1.29 is 27.5 Å². The molecule has 0 spiro atoms. The predicted molar refractivity (Wildman–Crippen MR) is 98.7 cm³/mol. The van der Waals surface area contributed by atoms with Crippen LogP contribution in [0.15, 0.2) is 24.5 Å². The molecule has 0 unspecified atom stereocenters. The van der Waals surface area contributed by atoms with E-state index < -0.39 is 30.1 Å². The number of aromatic nitrogens is 1. The molecule has 2 atom stereocenters. The molecule has 1 aliphatic carbocycles. The molecule has 1 aromatic heterocycles. The predicted octanol–water partition coefficient (Wildman–Crippen LogP) is 3.14. The zero-order chi connectivity index (χ0) is 20.9. The van der Waals surface area contributed by atoms with E-state index in [9.17, 15) is 22.8 Å². The van der Waals surface area contributed by atoms with E-state index in [1.807, 2.05) is 0 Å². The van der Waals surface area contributed by atoms with Gasteiger partial charge in [0.1, 0.15) is 6.04 Å². The molecular formula is C20H26F3N3O3. The third-order valence-corrected chi connectivity index (χ3v) is 5.46. The third kappa shape index (κ3) is 5.68. The molecule has 2 heterocycles. The highest BCUT2D eigenvalue weighted by atomic mass is 19.4. The highest BCUT2D eigenvalue weighted by molar-refractivity contribution is 5.91. The van der Waals surface area contributed by atoms with Gasteiger partial charge < -0.3 is 15.0 Å². The van der Waals surface area contributed by atoms with Crippen molar-refractivity contribution >= 4 is 11.8 Å². The lowest BCUT2D eigenvalue weighted by Gasteiger charge is -2.34. The molecule has 1 saturated carbocycles. The van der Waals surface area contributed by atoms with Crippen molar-refractivity contribution in [1.29, 1.82) is 0 Å². The van der Waals surface area contributed by atoms with Gasteiger partial charge in [-0.25, -0.2) is 0 Å². The summed E-state index contributed by atoms with van der Waals surface area (Å²) in [7, 11) is 0. The quantitative estimate of drug-likeness (QED) is 0.778. The van der Waals surface area contributed by atoms with Crippen LogP contribution < -0.4 is 5.32 Å². The fourth-order valence-corrected chi connectivity index (χ4v) is 4.02. The maximum absolute atomic E-state index is 13.4. The summed E-state index contributed by atoms with van der Waals surface area (Å²) in [5.74, 6) is -2.63. The first-order chi connectivity index (χ1) is 13.9. The van der Waals surface area contributed by atoms with Gasteiger partial charge in [0.25, 0.3) is 0 Å². The molecule has 0 radical (unpaired) electrons. The van der Waals surface area contributed by atoms with Crippen molar-refractivity contribution in [2.45, 2.75) is 69.3 Å². The molecule has 2 aliphatic rings. The van der Waals surface area contributed by atoms with E-state index in [4.69, 9.17) is 4.74 Å². The second-order valence-corrected chi connectivity index (χ2v) is 7.62. The summed E-state index contributed by atoms with van der Waals surface area (Å²) in [6.45, 7) is 0.149. The summed E-state index contributed by atoms with van der Waals surface area (Å²) in [5, 5.41) is 2.87. The molecule has 9 heteroatoms. The average Bonchev–Trinajstić information content (AvgIpc) is 3.21. The van der Waals surface area contributed by atoms with Crippen molar-refractivity contribution in [2.24, 2.45) is 0 Å². The molecule has 1 saturated heterocycles. The van der Waals surface area contributed by atoms with Gasteiger partial charge in [-0.15, -0.1) is 0 Å². The summed E-state index contributed by atoms with van der Waals surface area (Å²) in [6.07, 6.45) is 3.04. The number of ether oxygens (including phenoxy) is 1. The number of amides is 2. The first-order valence-electron chi connectivity index (χ1n) is 10.1. The number of carbonyl (C=O) groups excluding carboxylic acids is 2. The minimum Gasteiger partial charge on any atom is -0.376 e. The van der Waals surface area contributed by atoms with Crippen molar-refractivity contribution in [2.75, 3.05) is 13.2 Å².